The Morgan fingerprint density at radius 3 is 2.73 bits per heavy atom. The lowest BCUT2D eigenvalue weighted by Crippen LogP contribution is -2.39. The highest BCUT2D eigenvalue weighted by atomic mass is 35.5. The van der Waals surface area contributed by atoms with E-state index in [1.165, 1.54) is 24.7 Å². The molecule has 3 aromatic rings. The average molecular weight is 466 g/mol. The highest BCUT2D eigenvalue weighted by Gasteiger charge is 2.49. The van der Waals surface area contributed by atoms with E-state index in [0.717, 1.165) is 5.56 Å². The molecule has 1 aliphatic rings. The summed E-state index contributed by atoms with van der Waals surface area (Å²) in [6.45, 7) is 2.90. The Bertz CT molecular complexity index is 1200. The van der Waals surface area contributed by atoms with E-state index in [9.17, 15) is 9.18 Å². The summed E-state index contributed by atoms with van der Waals surface area (Å²) in [7, 11) is 0. The largest absolute Gasteiger partial charge is 0.478 e. The van der Waals surface area contributed by atoms with Crippen LogP contribution in [0.15, 0.2) is 48.9 Å². The summed E-state index contributed by atoms with van der Waals surface area (Å²) in [5, 5.41) is 12.3. The molecule has 0 unspecified atom stereocenters. The normalized spacial score (nSPS) is 19.8. The van der Waals surface area contributed by atoms with Gasteiger partial charge in [0.05, 0.1) is 28.2 Å². The number of nitrogens with zero attached hydrogens (tertiary/aromatic N) is 4. The van der Waals surface area contributed by atoms with Crippen molar-refractivity contribution in [2.75, 3.05) is 19.7 Å². The third-order valence-corrected chi connectivity index (χ3v) is 6.25. The van der Waals surface area contributed by atoms with Crippen molar-refractivity contribution >= 4 is 17.4 Å². The third kappa shape index (κ3) is 4.70. The lowest BCUT2D eigenvalue weighted by atomic mass is 9.68. The van der Waals surface area contributed by atoms with Crippen molar-refractivity contribution in [2.24, 2.45) is 5.41 Å². The quantitative estimate of drug-likeness (QED) is 0.528. The number of aromatic nitrogens is 3. The lowest BCUT2D eigenvalue weighted by molar-refractivity contribution is 0.0743. The first kappa shape index (κ1) is 22.8. The van der Waals surface area contributed by atoms with Gasteiger partial charge in [-0.15, -0.1) is 0 Å². The van der Waals surface area contributed by atoms with Crippen LogP contribution in [0.5, 0.6) is 5.88 Å². The van der Waals surface area contributed by atoms with Crippen molar-refractivity contribution in [3.8, 4) is 11.9 Å². The van der Waals surface area contributed by atoms with Gasteiger partial charge in [-0.25, -0.2) is 19.3 Å². The minimum absolute atomic E-state index is 0.0115. The fraction of sp³-hybridized carbons (Fsp3) is 0.292. The van der Waals surface area contributed by atoms with Crippen LogP contribution in [0.4, 0.5) is 4.39 Å². The number of Topliss-reactive ketones (excluding diaryl/α,β-unsaturated/α-hetero) is 1. The number of hydrogen-bond acceptors (Lipinski definition) is 7. The highest BCUT2D eigenvalue weighted by molar-refractivity contribution is 6.30. The summed E-state index contributed by atoms with van der Waals surface area (Å²) in [6.07, 6.45) is 4.86. The Kier molecular flexibility index (Phi) is 6.63. The Labute approximate surface area is 195 Å². The van der Waals surface area contributed by atoms with Crippen molar-refractivity contribution in [3.63, 3.8) is 0 Å². The van der Waals surface area contributed by atoms with E-state index in [1.54, 1.807) is 31.2 Å². The molecular weight excluding hydrogens is 445 g/mol. The fourth-order valence-corrected chi connectivity index (χ4v) is 4.39. The van der Waals surface area contributed by atoms with Crippen LogP contribution in [0.3, 0.4) is 0 Å². The first-order valence-corrected chi connectivity index (χ1v) is 10.8. The zero-order chi connectivity index (χ0) is 23.4. The van der Waals surface area contributed by atoms with Crippen LogP contribution < -0.4 is 10.1 Å². The molecule has 1 N–H and O–H groups in total. The number of aryl methyl sites for hydroxylation is 1. The molecule has 0 radical (unpaired) electrons. The monoisotopic (exact) mass is 465 g/mol. The zero-order valence-electron chi connectivity index (χ0n) is 17.9. The van der Waals surface area contributed by atoms with Crippen LogP contribution in [0.25, 0.3) is 0 Å². The molecule has 1 saturated heterocycles. The highest BCUT2D eigenvalue weighted by Crippen LogP contribution is 2.45. The number of ketones is 1. The summed E-state index contributed by atoms with van der Waals surface area (Å²) < 4.78 is 19.6. The SMILES string of the molecule is Cc1ncc(C(=O)[C@@]2(CCOc3ccc(C#N)cn3)CNC[C@H]2c2ccc(F)c(Cl)c2)cn1. The van der Waals surface area contributed by atoms with Gasteiger partial charge in [-0.2, -0.15) is 5.26 Å². The van der Waals surface area contributed by atoms with Crippen LogP contribution in [0, 0.1) is 29.5 Å². The molecule has 9 heteroatoms. The van der Waals surface area contributed by atoms with Gasteiger partial charge in [-0.05, 0) is 37.1 Å². The summed E-state index contributed by atoms with van der Waals surface area (Å²) in [6, 6.07) is 9.80. The molecule has 1 fully saturated rings. The van der Waals surface area contributed by atoms with Gasteiger partial charge in [-0.3, -0.25) is 4.79 Å². The number of halogens is 2. The maximum Gasteiger partial charge on any atom is 0.213 e. The third-order valence-electron chi connectivity index (χ3n) is 5.96. The number of carbonyl (C=O) groups excluding carboxylic acids is 1. The van der Waals surface area contributed by atoms with E-state index >= 15 is 0 Å². The molecule has 2 atom stereocenters. The minimum atomic E-state index is -0.883. The van der Waals surface area contributed by atoms with Gasteiger partial charge >= 0.3 is 0 Å². The van der Waals surface area contributed by atoms with Crippen molar-refractivity contribution in [2.45, 2.75) is 19.3 Å². The van der Waals surface area contributed by atoms with E-state index in [4.69, 9.17) is 21.6 Å². The molecule has 0 spiro atoms. The molecule has 3 heterocycles. The van der Waals surface area contributed by atoms with Gasteiger partial charge in [0.2, 0.25) is 5.88 Å². The second-order valence-corrected chi connectivity index (χ2v) is 8.36. The molecule has 33 heavy (non-hydrogen) atoms. The molecule has 7 nitrogen and oxygen atoms in total. The first-order chi connectivity index (χ1) is 15.9. The smallest absolute Gasteiger partial charge is 0.213 e. The molecule has 4 rings (SSSR count). The second-order valence-electron chi connectivity index (χ2n) is 7.96. The van der Waals surface area contributed by atoms with Crippen LogP contribution in [-0.2, 0) is 0 Å². The van der Waals surface area contributed by atoms with E-state index < -0.39 is 11.2 Å². The summed E-state index contributed by atoms with van der Waals surface area (Å²) >= 11 is 6.05. The summed E-state index contributed by atoms with van der Waals surface area (Å²) in [4.78, 5) is 26.3. The summed E-state index contributed by atoms with van der Waals surface area (Å²) in [5.41, 5.74) is 0.719. The Morgan fingerprint density at radius 1 is 1.27 bits per heavy atom. The van der Waals surface area contributed by atoms with Crippen LogP contribution in [0.2, 0.25) is 5.02 Å². The predicted octanol–water partition coefficient (Wildman–Crippen LogP) is 3.87. The molecule has 2 aromatic heterocycles. The summed E-state index contributed by atoms with van der Waals surface area (Å²) in [5.74, 6) is 0.0477. The van der Waals surface area contributed by atoms with Crippen LogP contribution in [0.1, 0.15) is 39.6 Å². The van der Waals surface area contributed by atoms with Crippen molar-refractivity contribution < 1.29 is 13.9 Å². The van der Waals surface area contributed by atoms with E-state index in [1.807, 2.05) is 6.07 Å². The minimum Gasteiger partial charge on any atom is -0.478 e. The second kappa shape index (κ2) is 9.61. The fourth-order valence-electron chi connectivity index (χ4n) is 4.21. The van der Waals surface area contributed by atoms with E-state index in [-0.39, 0.29) is 23.3 Å². The lowest BCUT2D eigenvalue weighted by Gasteiger charge is -2.33. The Hall–Kier alpha value is -3.41. The predicted molar refractivity (Wildman–Crippen MR) is 120 cm³/mol. The zero-order valence-corrected chi connectivity index (χ0v) is 18.6. The number of pyridine rings is 1. The molecular formula is C24H21ClFN5O2. The van der Waals surface area contributed by atoms with Gasteiger partial charge in [0.1, 0.15) is 17.7 Å². The topological polar surface area (TPSA) is 101 Å². The number of nitriles is 1. The standard InChI is InChI=1S/C24H21ClFN5O2/c1-15-29-11-18(12-30-15)23(32)24(6-7-33-22-5-2-16(9-27)10-31-22)14-28-13-19(24)17-3-4-21(26)20(25)8-17/h2-5,8,10-12,19,28H,6-7,13-14H2,1H3/t19-,24-/m0/s1. The number of benzene rings is 1. The van der Waals surface area contributed by atoms with Gasteiger partial charge in [0.15, 0.2) is 5.78 Å². The Morgan fingerprint density at radius 2 is 2.06 bits per heavy atom. The van der Waals surface area contributed by atoms with E-state index in [2.05, 4.69) is 20.3 Å². The molecule has 1 aliphatic heterocycles. The van der Waals surface area contributed by atoms with Crippen molar-refractivity contribution in [1.29, 1.82) is 5.26 Å². The van der Waals surface area contributed by atoms with Gasteiger partial charge in [0.25, 0.3) is 0 Å². The van der Waals surface area contributed by atoms with Gasteiger partial charge < -0.3 is 10.1 Å². The van der Waals surface area contributed by atoms with Gasteiger partial charge in [-0.1, -0.05) is 17.7 Å². The number of hydrogen-bond donors (Lipinski definition) is 1. The maximum atomic E-state index is 13.8. The number of rotatable bonds is 7. The van der Waals surface area contributed by atoms with E-state index in [0.29, 0.717) is 42.3 Å². The maximum absolute atomic E-state index is 13.8. The molecule has 0 bridgehead atoms. The molecule has 0 aliphatic carbocycles. The number of nitrogens with one attached hydrogen (secondary N) is 1. The van der Waals surface area contributed by atoms with Crippen LogP contribution in [-0.4, -0.2) is 40.4 Å². The molecule has 0 amide bonds. The van der Waals surface area contributed by atoms with Crippen LogP contribution >= 0.6 is 11.6 Å². The average Bonchev–Trinajstić information content (AvgIpc) is 3.26. The van der Waals surface area contributed by atoms with Crippen molar-refractivity contribution in [1.82, 2.24) is 20.3 Å². The Balaban J connectivity index is 1.64. The number of carbonyl (C=O) groups is 1. The molecule has 1 aromatic carbocycles. The van der Waals surface area contributed by atoms with Crippen molar-refractivity contribution in [3.05, 3.63) is 82.3 Å². The van der Waals surface area contributed by atoms with Gasteiger partial charge in [0, 0.05) is 43.7 Å². The molecule has 0 saturated carbocycles. The number of ether oxygens (including phenoxy) is 1. The first-order valence-electron chi connectivity index (χ1n) is 10.4. The molecule has 168 valence electrons.